The number of nitrogen functional groups attached to an aromatic ring is 1. The van der Waals surface area contributed by atoms with Gasteiger partial charge in [0.1, 0.15) is 13.2 Å². The summed E-state index contributed by atoms with van der Waals surface area (Å²) < 4.78 is 18.6. The Hall–Kier alpha value is -2.10. The molecule has 2 aromatic rings. The van der Waals surface area contributed by atoms with E-state index in [1.165, 1.54) is 0 Å². The molecule has 0 unspecified atom stereocenters. The number of carbonyl (C=O) groups excluding carboxylic acids is 1. The Morgan fingerprint density at radius 2 is 1.62 bits per heavy atom. The first kappa shape index (κ1) is 27.9. The van der Waals surface area contributed by atoms with E-state index >= 15 is 0 Å². The van der Waals surface area contributed by atoms with Crippen LogP contribution in [0.1, 0.15) is 25.5 Å². The van der Waals surface area contributed by atoms with Crippen LogP contribution < -0.4 is 10.8 Å². The second-order valence-electron chi connectivity index (χ2n) is 4.75. The summed E-state index contributed by atoms with van der Waals surface area (Å²) in [5.41, 5.74) is 4.69. The topological polar surface area (TPSA) is 204 Å². The summed E-state index contributed by atoms with van der Waals surface area (Å²) in [4.78, 5) is 38.6. The molecule has 0 aliphatic carbocycles. The Bertz CT molecular complexity index is 1040. The summed E-state index contributed by atoms with van der Waals surface area (Å²) in [6.45, 7) is 3.89. The van der Waals surface area contributed by atoms with Gasteiger partial charge in [-0.25, -0.2) is 4.79 Å². The lowest BCUT2D eigenvalue weighted by atomic mass is 10.4. The van der Waals surface area contributed by atoms with Crippen molar-refractivity contribution in [2.45, 2.75) is 13.8 Å². The molecule has 0 aromatic carbocycles. The highest BCUT2D eigenvalue weighted by molar-refractivity contribution is 8.09. The molecule has 0 atom stereocenters. The summed E-state index contributed by atoms with van der Waals surface area (Å²) in [6.07, 6.45) is 0. The Labute approximate surface area is 203 Å². The summed E-state index contributed by atoms with van der Waals surface area (Å²) in [7, 11) is 0. The molecule has 4 N–H and O–H groups in total. The molecule has 176 valence electrons. The van der Waals surface area contributed by atoms with Crippen LogP contribution in [0.25, 0.3) is 0 Å². The molecule has 0 aliphatic heterocycles. The molecule has 14 nitrogen and oxygen atoms in total. The van der Waals surface area contributed by atoms with Gasteiger partial charge in [0.25, 0.3) is 5.24 Å². The van der Waals surface area contributed by atoms with E-state index in [4.69, 9.17) is 49.8 Å². The molecule has 2 aromatic heterocycles. The summed E-state index contributed by atoms with van der Waals surface area (Å²) in [6, 6.07) is 0. The van der Waals surface area contributed by atoms with Crippen molar-refractivity contribution in [1.29, 1.82) is 0 Å². The molecule has 20 heteroatoms. The monoisotopic (exact) mass is 566 g/mol. The fourth-order valence-corrected chi connectivity index (χ4v) is 3.99. The van der Waals surface area contributed by atoms with E-state index in [9.17, 15) is 14.2 Å². The van der Waals surface area contributed by atoms with Crippen LogP contribution in [0.15, 0.2) is 10.3 Å². The van der Waals surface area contributed by atoms with E-state index in [1.807, 2.05) is 0 Å². The van der Waals surface area contributed by atoms with E-state index in [0.29, 0.717) is 0 Å². The second kappa shape index (κ2) is 13.4. The van der Waals surface area contributed by atoms with Gasteiger partial charge in [-0.3, -0.25) is 14.4 Å². The van der Waals surface area contributed by atoms with Gasteiger partial charge in [-0.1, -0.05) is 10.3 Å². The van der Waals surface area contributed by atoms with E-state index in [0.717, 1.165) is 23.1 Å². The van der Waals surface area contributed by atoms with Gasteiger partial charge in [-0.2, -0.15) is 18.7 Å². The minimum atomic E-state index is -3.54. The van der Waals surface area contributed by atoms with Gasteiger partial charge in [0.15, 0.2) is 5.13 Å². The first-order valence-electron chi connectivity index (χ1n) is 8.02. The van der Waals surface area contributed by atoms with Crippen LogP contribution in [0.4, 0.5) is 10.3 Å². The fourth-order valence-electron chi connectivity index (χ4n) is 1.41. The van der Waals surface area contributed by atoms with Crippen molar-refractivity contribution < 1.29 is 28.9 Å². The third kappa shape index (κ3) is 10.0. The molecule has 0 saturated heterocycles. The standard InChI is InChI=1S/C6H6Cl3N4O3PS.C6H8N4O3S/c1-2-16-11-3(4(7)14)5-10-6(18-13-5)12-17(8,9)15;1-2-13-9-3(5(11)12)4-8-6(7)14-10-4/h2H2,1H3,(H,10,12,13,15);2H2,1H3,(H,11,12)(H2,7,8,10)/b11-3+;9-3-. The smallest absolute Gasteiger partial charge is 0.362 e. The van der Waals surface area contributed by atoms with Crippen LogP contribution in [0, 0.1) is 0 Å². The highest BCUT2D eigenvalue weighted by atomic mass is 35.9. The molecule has 0 radical (unpaired) electrons. The third-order valence-electron chi connectivity index (χ3n) is 2.48. The number of aromatic nitrogens is 4. The summed E-state index contributed by atoms with van der Waals surface area (Å²) in [5.74, 6) is -4.89. The number of nitrogens with zero attached hydrogens (tertiary/aromatic N) is 6. The largest absolute Gasteiger partial charge is 0.476 e. The van der Waals surface area contributed by atoms with Crippen LogP contribution in [-0.4, -0.2) is 59.7 Å². The first-order valence-corrected chi connectivity index (χ1v) is 13.5. The van der Waals surface area contributed by atoms with Crippen molar-refractivity contribution in [3.8, 4) is 0 Å². The van der Waals surface area contributed by atoms with E-state index in [2.05, 4.69) is 39.0 Å². The van der Waals surface area contributed by atoms with E-state index in [-0.39, 0.29) is 46.5 Å². The van der Waals surface area contributed by atoms with Crippen molar-refractivity contribution in [2.75, 3.05) is 24.0 Å². The van der Waals surface area contributed by atoms with Gasteiger partial charge in [-0.15, -0.1) is 0 Å². The molecule has 0 fully saturated rings. The second-order valence-corrected chi connectivity index (χ2v) is 11.1. The number of anilines is 2. The third-order valence-corrected chi connectivity index (χ3v) is 4.96. The van der Waals surface area contributed by atoms with E-state index < -0.39 is 17.2 Å². The lowest BCUT2D eigenvalue weighted by Crippen LogP contribution is -2.16. The molecular formula is C12H14Cl3N8O6PS2. The van der Waals surface area contributed by atoms with Gasteiger partial charge in [0.2, 0.25) is 28.2 Å². The Balaban J connectivity index is 0.000000330. The van der Waals surface area contributed by atoms with Crippen molar-refractivity contribution in [3.63, 3.8) is 0 Å². The minimum absolute atomic E-state index is 0.0338. The molecule has 0 bridgehead atoms. The molecule has 2 heterocycles. The van der Waals surface area contributed by atoms with Crippen molar-refractivity contribution in [1.82, 2.24) is 18.7 Å². The van der Waals surface area contributed by atoms with Gasteiger partial charge in [-0.05, 0) is 47.9 Å². The average Bonchev–Trinajstić information content (AvgIpc) is 3.30. The van der Waals surface area contributed by atoms with Crippen LogP contribution in [0.5, 0.6) is 0 Å². The number of halogens is 3. The highest BCUT2D eigenvalue weighted by Gasteiger charge is 2.21. The number of nitrogens with two attached hydrogens (primary N) is 1. The Kier molecular flexibility index (Phi) is 11.7. The van der Waals surface area contributed by atoms with Crippen LogP contribution in [0.3, 0.4) is 0 Å². The number of hydrogen-bond acceptors (Lipinski definition) is 14. The molecule has 32 heavy (non-hydrogen) atoms. The lowest BCUT2D eigenvalue weighted by molar-refractivity contribution is -0.129. The molecule has 2 rings (SSSR count). The highest BCUT2D eigenvalue weighted by Crippen LogP contribution is 2.55. The molecule has 0 amide bonds. The number of carboxylic acids is 1. The molecule has 0 aliphatic rings. The maximum Gasteiger partial charge on any atom is 0.362 e. The Morgan fingerprint density at radius 3 is 2.06 bits per heavy atom. The van der Waals surface area contributed by atoms with Gasteiger partial charge < -0.3 is 20.5 Å². The quantitative estimate of drug-likeness (QED) is 0.164. The number of carbonyl (C=O) groups is 2. The summed E-state index contributed by atoms with van der Waals surface area (Å²) in [5, 5.41) is 17.2. The zero-order valence-corrected chi connectivity index (χ0v) is 20.9. The number of nitrogens with one attached hydrogen (secondary N) is 1. The minimum Gasteiger partial charge on any atom is -0.476 e. The molecule has 0 spiro atoms. The maximum atomic E-state index is 11.1. The van der Waals surface area contributed by atoms with Crippen LogP contribution >= 0.6 is 63.1 Å². The van der Waals surface area contributed by atoms with Gasteiger partial charge in [0.05, 0.1) is 0 Å². The molecule has 0 saturated carbocycles. The lowest BCUT2D eigenvalue weighted by Gasteiger charge is -2.00. The van der Waals surface area contributed by atoms with Gasteiger partial charge >= 0.3 is 12.0 Å². The first-order chi connectivity index (χ1) is 15.0. The molecular weight excluding hydrogens is 554 g/mol. The number of oxime groups is 2. The maximum absolute atomic E-state index is 11.1. The number of aliphatic carboxylic acids is 1. The normalized spacial score (nSPS) is 11.9. The average molecular weight is 568 g/mol. The summed E-state index contributed by atoms with van der Waals surface area (Å²) >= 11 is 17.6. The van der Waals surface area contributed by atoms with Crippen molar-refractivity contribution in [3.05, 3.63) is 11.6 Å². The fraction of sp³-hybridized carbons (Fsp3) is 0.333. The van der Waals surface area contributed by atoms with E-state index in [1.54, 1.807) is 13.8 Å². The SMILES string of the molecule is CCO/N=C(\C(=O)Cl)c1nsc(NP(=O)(Cl)Cl)n1.CCO/N=C(\C(=O)O)c1nsc(N)n1. The Morgan fingerprint density at radius 1 is 1.09 bits per heavy atom. The van der Waals surface area contributed by atoms with Crippen molar-refractivity contribution in [2.24, 2.45) is 10.3 Å². The predicted molar refractivity (Wildman–Crippen MR) is 122 cm³/mol. The number of carboxylic acid groups (broad SMARTS) is 1. The van der Waals surface area contributed by atoms with Crippen LogP contribution in [-0.2, 0) is 23.8 Å². The zero-order valence-electron chi connectivity index (χ0n) is 16.1. The van der Waals surface area contributed by atoms with Gasteiger partial charge in [0, 0.05) is 23.1 Å². The predicted octanol–water partition coefficient (Wildman–Crippen LogP) is 2.99. The zero-order chi connectivity index (χ0) is 24.3. The number of hydrogen-bond donors (Lipinski definition) is 3. The number of rotatable bonds is 10. The van der Waals surface area contributed by atoms with Crippen molar-refractivity contribution >= 4 is 96.0 Å². The van der Waals surface area contributed by atoms with Crippen LogP contribution in [0.2, 0.25) is 0 Å².